The summed E-state index contributed by atoms with van der Waals surface area (Å²) in [6, 6.07) is 0. The van der Waals surface area contributed by atoms with E-state index in [1.165, 1.54) is 20.9 Å². The summed E-state index contributed by atoms with van der Waals surface area (Å²) in [7, 11) is 0. The van der Waals surface area contributed by atoms with Crippen LogP contribution in [0.4, 0.5) is 0 Å². The molecule has 3 heteroatoms. The van der Waals surface area contributed by atoms with Gasteiger partial charge in [0.2, 0.25) is 0 Å². The second kappa shape index (κ2) is 6.84. The molecule has 15 heavy (non-hydrogen) atoms. The van der Waals surface area contributed by atoms with Crippen molar-refractivity contribution in [3.8, 4) is 0 Å². The van der Waals surface area contributed by atoms with Crippen molar-refractivity contribution in [3.63, 3.8) is 0 Å². The first-order valence-corrected chi connectivity index (χ1v) is 5.31. The van der Waals surface area contributed by atoms with E-state index in [0.717, 1.165) is 0 Å². The summed E-state index contributed by atoms with van der Waals surface area (Å²) >= 11 is 3.07. The van der Waals surface area contributed by atoms with Crippen LogP contribution < -0.4 is 0 Å². The second-order valence-corrected chi connectivity index (χ2v) is 4.61. The zero-order valence-electron chi connectivity index (χ0n) is 10.1. The zero-order valence-corrected chi connectivity index (χ0v) is 11.7. The van der Waals surface area contributed by atoms with Crippen molar-refractivity contribution < 1.29 is 27.9 Å². The summed E-state index contributed by atoms with van der Waals surface area (Å²) in [5.74, 6) is 0. The van der Waals surface area contributed by atoms with Crippen LogP contribution in [0.3, 0.4) is 0 Å². The standard InChI is InChI=1S/C10H15.2CH2O.Rh/c1-7-6-10(4,5)9(3)8(7)2;2*1-2;/h1-5H3;2*1H2;. The first-order chi connectivity index (χ1) is 6.89. The fourth-order valence-electron chi connectivity index (χ4n) is 1.53. The summed E-state index contributed by atoms with van der Waals surface area (Å²) in [4.78, 5) is 16.0. The maximum absolute atomic E-state index is 8.00. The molecule has 0 unspecified atom stereocenters. The SMILES string of the molecule is C=O.C=O.CC1=C(C)C(C)(C)[C]([Rh])=C1C. The Morgan fingerprint density at radius 2 is 1.27 bits per heavy atom. The number of allylic oxidation sites excluding steroid dienone is 4. The molecule has 0 aromatic heterocycles. The third-order valence-corrected chi connectivity index (χ3v) is 4.53. The minimum absolute atomic E-state index is 0.265. The quantitative estimate of drug-likeness (QED) is 0.644. The topological polar surface area (TPSA) is 34.1 Å². The molecule has 0 amide bonds. The predicted octanol–water partition coefficient (Wildman–Crippen LogP) is 2.81. The molecule has 0 N–H and O–H groups in total. The van der Waals surface area contributed by atoms with Gasteiger partial charge in [-0.05, 0) is 0 Å². The molecule has 88 valence electrons. The van der Waals surface area contributed by atoms with E-state index >= 15 is 0 Å². The molecule has 0 radical (unpaired) electrons. The van der Waals surface area contributed by atoms with E-state index in [-0.39, 0.29) is 5.41 Å². The average molecular weight is 298 g/mol. The molecule has 1 aliphatic rings. The van der Waals surface area contributed by atoms with Gasteiger partial charge in [-0.2, -0.15) is 0 Å². The van der Waals surface area contributed by atoms with Gasteiger partial charge in [-0.25, -0.2) is 0 Å². The van der Waals surface area contributed by atoms with Gasteiger partial charge < -0.3 is 9.59 Å². The monoisotopic (exact) mass is 298 g/mol. The summed E-state index contributed by atoms with van der Waals surface area (Å²) in [6.07, 6.45) is 0. The minimum atomic E-state index is 0.265. The van der Waals surface area contributed by atoms with Crippen LogP contribution in [0, 0.1) is 5.41 Å². The predicted molar refractivity (Wildman–Crippen MR) is 59.1 cm³/mol. The molecule has 0 atom stereocenters. The van der Waals surface area contributed by atoms with Crippen LogP contribution in [-0.4, -0.2) is 13.6 Å². The van der Waals surface area contributed by atoms with Crippen LogP contribution >= 0.6 is 0 Å². The molecule has 1 aliphatic carbocycles. The van der Waals surface area contributed by atoms with E-state index in [2.05, 4.69) is 52.9 Å². The Morgan fingerprint density at radius 3 is 1.33 bits per heavy atom. The maximum atomic E-state index is 8.00. The molecule has 0 spiro atoms. The van der Waals surface area contributed by atoms with Gasteiger partial charge in [-0.3, -0.25) is 0 Å². The van der Waals surface area contributed by atoms with Crippen LogP contribution in [0.25, 0.3) is 0 Å². The molecule has 0 saturated carbocycles. The molecular formula is C12H19O2Rh. The number of rotatable bonds is 0. The van der Waals surface area contributed by atoms with Crippen molar-refractivity contribution >= 4 is 13.6 Å². The second-order valence-electron chi connectivity index (χ2n) is 3.79. The molecule has 0 aliphatic heterocycles. The van der Waals surface area contributed by atoms with Crippen LogP contribution in [0.15, 0.2) is 20.9 Å². The first-order valence-electron chi connectivity index (χ1n) is 4.49. The van der Waals surface area contributed by atoms with Crippen molar-refractivity contribution in [2.45, 2.75) is 34.6 Å². The number of hydrogen-bond donors (Lipinski definition) is 0. The first kappa shape index (κ1) is 16.9. The molecular weight excluding hydrogens is 279 g/mol. The number of carbonyl (C=O) groups excluding carboxylic acids is 2. The summed E-state index contributed by atoms with van der Waals surface area (Å²) in [5, 5.41) is 0. The summed E-state index contributed by atoms with van der Waals surface area (Å²) < 4.78 is 1.42. The Morgan fingerprint density at radius 1 is 0.933 bits per heavy atom. The summed E-state index contributed by atoms with van der Waals surface area (Å²) in [6.45, 7) is 15.2. The van der Waals surface area contributed by atoms with Gasteiger partial charge in [0.05, 0.1) is 0 Å². The number of hydrogen-bond acceptors (Lipinski definition) is 2. The fourth-order valence-corrected chi connectivity index (χ4v) is 2.15. The van der Waals surface area contributed by atoms with Gasteiger partial charge in [0.15, 0.2) is 0 Å². The summed E-state index contributed by atoms with van der Waals surface area (Å²) in [5.41, 5.74) is 4.68. The Balaban J connectivity index is 0. The van der Waals surface area contributed by atoms with Crippen LogP contribution in [0.2, 0.25) is 0 Å². The van der Waals surface area contributed by atoms with Crippen molar-refractivity contribution in [1.29, 1.82) is 0 Å². The van der Waals surface area contributed by atoms with Gasteiger partial charge in [0.1, 0.15) is 13.6 Å². The van der Waals surface area contributed by atoms with E-state index in [0.29, 0.717) is 0 Å². The fraction of sp³-hybridized carbons (Fsp3) is 0.500. The van der Waals surface area contributed by atoms with E-state index < -0.39 is 0 Å². The van der Waals surface area contributed by atoms with Gasteiger partial charge in [0, 0.05) is 0 Å². The van der Waals surface area contributed by atoms with Crippen LogP contribution in [0.5, 0.6) is 0 Å². The van der Waals surface area contributed by atoms with E-state index in [4.69, 9.17) is 9.59 Å². The van der Waals surface area contributed by atoms with Crippen molar-refractivity contribution in [1.82, 2.24) is 0 Å². The Bertz CT molecular complexity index is 260. The molecule has 0 aromatic carbocycles. The van der Waals surface area contributed by atoms with Crippen molar-refractivity contribution in [3.05, 3.63) is 20.9 Å². The van der Waals surface area contributed by atoms with Crippen molar-refractivity contribution in [2.24, 2.45) is 5.41 Å². The zero-order chi connectivity index (χ0) is 12.8. The van der Waals surface area contributed by atoms with E-state index in [1.807, 2.05) is 13.6 Å². The van der Waals surface area contributed by atoms with Gasteiger partial charge in [0.25, 0.3) is 0 Å². The van der Waals surface area contributed by atoms with E-state index in [9.17, 15) is 0 Å². The van der Waals surface area contributed by atoms with Gasteiger partial charge in [-0.15, -0.1) is 0 Å². The Hall–Kier alpha value is -0.557. The average Bonchev–Trinajstić information content (AvgIpc) is 2.40. The molecule has 1 rings (SSSR count). The van der Waals surface area contributed by atoms with Gasteiger partial charge in [-0.1, -0.05) is 0 Å². The van der Waals surface area contributed by atoms with Crippen LogP contribution in [0.1, 0.15) is 34.6 Å². The normalized spacial score (nSPS) is 17.8. The third-order valence-electron chi connectivity index (χ3n) is 2.90. The molecule has 2 nitrogen and oxygen atoms in total. The third kappa shape index (κ3) is 3.20. The van der Waals surface area contributed by atoms with Crippen molar-refractivity contribution in [2.75, 3.05) is 0 Å². The molecule has 0 saturated heterocycles. The molecule has 0 heterocycles. The Kier molecular flexibility index (Phi) is 7.69. The molecule has 0 fully saturated rings. The Labute approximate surface area is 103 Å². The molecule has 0 aromatic rings. The van der Waals surface area contributed by atoms with E-state index in [1.54, 1.807) is 0 Å². The number of carbonyl (C=O) groups is 2. The van der Waals surface area contributed by atoms with Gasteiger partial charge >= 0.3 is 79.2 Å². The molecule has 0 bridgehead atoms. The van der Waals surface area contributed by atoms with Crippen LogP contribution in [-0.2, 0) is 27.9 Å².